The van der Waals surface area contributed by atoms with Gasteiger partial charge in [0, 0.05) is 17.8 Å². The van der Waals surface area contributed by atoms with E-state index < -0.39 is 17.9 Å². The number of carbonyl (C=O) groups is 2. The Morgan fingerprint density at radius 1 is 1.03 bits per heavy atom. The highest BCUT2D eigenvalue weighted by Crippen LogP contribution is 2.33. The van der Waals surface area contributed by atoms with Crippen LogP contribution in [0.5, 0.6) is 5.88 Å². The molecule has 1 heterocycles. The van der Waals surface area contributed by atoms with Crippen molar-refractivity contribution < 1.29 is 24.2 Å². The first-order valence-electron chi connectivity index (χ1n) is 9.69. The fraction of sp³-hybridized carbons (Fsp3) is 0.160. The van der Waals surface area contributed by atoms with E-state index in [4.69, 9.17) is 14.6 Å². The smallest absolute Gasteiger partial charge is 0.328 e. The first kappa shape index (κ1) is 21.8. The number of aliphatic carboxylic acids is 1. The number of carboxylic acids is 1. The van der Waals surface area contributed by atoms with E-state index in [1.165, 1.54) is 26.5 Å². The number of hydrogen-bond acceptors (Lipinski definition) is 5. The standard InChI is InChI=1S/C25H23NO5/c1-30-24-23(19(13-14-26-24)11-12-22(27)28)21(25(29)31-2)16-17-7-6-10-20(15-17)18-8-4-3-5-9-18/h3-15,21H,16H2,1-2H3,(H,27,28)/b12-11+. The monoisotopic (exact) mass is 417 g/mol. The van der Waals surface area contributed by atoms with Gasteiger partial charge in [0.25, 0.3) is 0 Å². The lowest BCUT2D eigenvalue weighted by Gasteiger charge is -2.20. The van der Waals surface area contributed by atoms with Gasteiger partial charge in [-0.3, -0.25) is 4.79 Å². The fourth-order valence-electron chi connectivity index (χ4n) is 3.48. The van der Waals surface area contributed by atoms with E-state index in [0.29, 0.717) is 17.5 Å². The molecule has 0 saturated carbocycles. The maximum Gasteiger partial charge on any atom is 0.328 e. The van der Waals surface area contributed by atoms with E-state index in [2.05, 4.69) is 4.98 Å². The number of carboxylic acid groups (broad SMARTS) is 1. The number of methoxy groups -OCH3 is 2. The third-order valence-corrected chi connectivity index (χ3v) is 4.89. The van der Waals surface area contributed by atoms with Gasteiger partial charge in [-0.2, -0.15) is 0 Å². The van der Waals surface area contributed by atoms with Crippen LogP contribution in [0.1, 0.15) is 22.6 Å². The summed E-state index contributed by atoms with van der Waals surface area (Å²) in [6.45, 7) is 0. The molecule has 0 aliphatic carbocycles. The average Bonchev–Trinajstić information content (AvgIpc) is 2.81. The lowest BCUT2D eigenvalue weighted by atomic mass is 9.88. The number of aromatic nitrogens is 1. The van der Waals surface area contributed by atoms with Gasteiger partial charge >= 0.3 is 11.9 Å². The molecule has 158 valence electrons. The lowest BCUT2D eigenvalue weighted by Crippen LogP contribution is -2.19. The second-order valence-electron chi connectivity index (χ2n) is 6.84. The molecule has 0 spiro atoms. The van der Waals surface area contributed by atoms with Crippen molar-refractivity contribution in [1.29, 1.82) is 0 Å². The minimum atomic E-state index is -1.09. The van der Waals surface area contributed by atoms with Gasteiger partial charge in [-0.15, -0.1) is 0 Å². The Bertz CT molecular complexity index is 1090. The van der Waals surface area contributed by atoms with E-state index in [1.54, 1.807) is 6.07 Å². The van der Waals surface area contributed by atoms with Crippen LogP contribution in [-0.4, -0.2) is 36.2 Å². The van der Waals surface area contributed by atoms with Crippen molar-refractivity contribution in [3.63, 3.8) is 0 Å². The van der Waals surface area contributed by atoms with Crippen molar-refractivity contribution in [2.75, 3.05) is 14.2 Å². The van der Waals surface area contributed by atoms with Gasteiger partial charge in [-0.25, -0.2) is 9.78 Å². The van der Waals surface area contributed by atoms with Crippen LogP contribution in [0, 0.1) is 0 Å². The Kier molecular flexibility index (Phi) is 7.17. The van der Waals surface area contributed by atoms with Crippen molar-refractivity contribution >= 4 is 18.0 Å². The van der Waals surface area contributed by atoms with Crippen LogP contribution in [0.3, 0.4) is 0 Å². The summed E-state index contributed by atoms with van der Waals surface area (Å²) in [5.74, 6) is -2.02. The van der Waals surface area contributed by atoms with Gasteiger partial charge in [0.15, 0.2) is 0 Å². The zero-order valence-electron chi connectivity index (χ0n) is 17.3. The summed E-state index contributed by atoms with van der Waals surface area (Å²) >= 11 is 0. The van der Waals surface area contributed by atoms with Gasteiger partial charge < -0.3 is 14.6 Å². The first-order valence-corrected chi connectivity index (χ1v) is 9.69. The molecule has 0 amide bonds. The third kappa shape index (κ3) is 5.36. The van der Waals surface area contributed by atoms with Crippen molar-refractivity contribution in [2.24, 2.45) is 0 Å². The average molecular weight is 417 g/mol. The molecular formula is C25H23NO5. The SMILES string of the molecule is COC(=O)C(Cc1cccc(-c2ccccc2)c1)c1c(/C=C/C(=O)O)ccnc1OC. The minimum Gasteiger partial charge on any atom is -0.481 e. The molecule has 0 bridgehead atoms. The Hall–Kier alpha value is -3.93. The molecule has 3 rings (SSSR count). The highest BCUT2D eigenvalue weighted by molar-refractivity contribution is 5.87. The molecule has 1 aromatic heterocycles. The zero-order chi connectivity index (χ0) is 22.2. The van der Waals surface area contributed by atoms with Crippen LogP contribution in [0.15, 0.2) is 72.9 Å². The molecule has 0 saturated heterocycles. The maximum atomic E-state index is 12.8. The molecule has 1 N–H and O–H groups in total. The highest BCUT2D eigenvalue weighted by Gasteiger charge is 2.28. The largest absolute Gasteiger partial charge is 0.481 e. The summed E-state index contributed by atoms with van der Waals surface area (Å²) in [6.07, 6.45) is 4.29. The number of pyridine rings is 1. The summed E-state index contributed by atoms with van der Waals surface area (Å²) in [4.78, 5) is 28.0. The summed E-state index contributed by atoms with van der Waals surface area (Å²) in [6, 6.07) is 19.5. The van der Waals surface area contributed by atoms with Crippen LogP contribution in [0.25, 0.3) is 17.2 Å². The number of hydrogen-bond donors (Lipinski definition) is 1. The molecule has 6 heteroatoms. The van der Waals surface area contributed by atoms with Crippen LogP contribution in [0.2, 0.25) is 0 Å². The second-order valence-corrected chi connectivity index (χ2v) is 6.84. The van der Waals surface area contributed by atoms with Gasteiger partial charge in [-0.05, 0) is 40.8 Å². The Balaban J connectivity index is 2.05. The molecule has 1 unspecified atom stereocenters. The highest BCUT2D eigenvalue weighted by atomic mass is 16.5. The second kappa shape index (κ2) is 10.2. The molecule has 0 radical (unpaired) electrons. The van der Waals surface area contributed by atoms with Crippen LogP contribution >= 0.6 is 0 Å². The normalized spacial score (nSPS) is 11.8. The summed E-state index contributed by atoms with van der Waals surface area (Å²) in [7, 11) is 2.78. The predicted molar refractivity (Wildman–Crippen MR) is 118 cm³/mol. The Labute approximate surface area is 180 Å². The molecule has 0 fully saturated rings. The van der Waals surface area contributed by atoms with Gasteiger partial charge in [-0.1, -0.05) is 54.6 Å². The van der Waals surface area contributed by atoms with Crippen LogP contribution < -0.4 is 4.74 Å². The zero-order valence-corrected chi connectivity index (χ0v) is 17.3. The number of benzene rings is 2. The van der Waals surface area contributed by atoms with Gasteiger partial charge in [0.1, 0.15) is 0 Å². The Morgan fingerprint density at radius 2 is 1.77 bits per heavy atom. The van der Waals surface area contributed by atoms with Gasteiger partial charge in [0.05, 0.1) is 20.1 Å². The molecule has 31 heavy (non-hydrogen) atoms. The molecular weight excluding hydrogens is 394 g/mol. The number of nitrogens with zero attached hydrogens (tertiary/aromatic N) is 1. The number of carbonyl (C=O) groups excluding carboxylic acids is 1. The van der Waals surface area contributed by atoms with Crippen molar-refractivity contribution in [3.05, 3.63) is 89.6 Å². The topological polar surface area (TPSA) is 85.7 Å². The molecule has 0 aliphatic heterocycles. The lowest BCUT2D eigenvalue weighted by molar-refractivity contribution is -0.142. The third-order valence-electron chi connectivity index (χ3n) is 4.89. The quantitative estimate of drug-likeness (QED) is 0.433. The van der Waals surface area contributed by atoms with Crippen LogP contribution in [0.4, 0.5) is 0 Å². The van der Waals surface area contributed by atoms with Crippen LogP contribution in [-0.2, 0) is 20.7 Å². The summed E-state index contributed by atoms with van der Waals surface area (Å²) in [5.41, 5.74) is 4.05. The van der Waals surface area contributed by atoms with E-state index in [-0.39, 0.29) is 5.88 Å². The number of esters is 1. The van der Waals surface area contributed by atoms with E-state index in [9.17, 15) is 9.59 Å². The first-order chi connectivity index (χ1) is 15.0. The molecule has 0 aliphatic rings. The minimum absolute atomic E-state index is 0.252. The van der Waals surface area contributed by atoms with E-state index in [1.807, 2.05) is 54.6 Å². The molecule has 1 atom stereocenters. The Morgan fingerprint density at radius 3 is 2.45 bits per heavy atom. The van der Waals surface area contributed by atoms with Crippen molar-refractivity contribution in [2.45, 2.75) is 12.3 Å². The predicted octanol–water partition coefficient (Wildman–Crippen LogP) is 4.35. The summed E-state index contributed by atoms with van der Waals surface area (Å²) < 4.78 is 10.5. The number of rotatable bonds is 8. The van der Waals surface area contributed by atoms with Crippen molar-refractivity contribution in [3.8, 4) is 17.0 Å². The summed E-state index contributed by atoms with van der Waals surface area (Å²) in [5, 5.41) is 9.03. The van der Waals surface area contributed by atoms with Crippen molar-refractivity contribution in [1.82, 2.24) is 4.98 Å². The number of ether oxygens (including phenoxy) is 2. The van der Waals surface area contributed by atoms with E-state index >= 15 is 0 Å². The molecule has 6 nitrogen and oxygen atoms in total. The molecule has 2 aromatic carbocycles. The maximum absolute atomic E-state index is 12.8. The molecule has 3 aromatic rings. The fourth-order valence-corrected chi connectivity index (χ4v) is 3.48. The van der Waals surface area contributed by atoms with E-state index in [0.717, 1.165) is 22.8 Å². The van der Waals surface area contributed by atoms with Gasteiger partial charge in [0.2, 0.25) is 5.88 Å².